The fourth-order valence-corrected chi connectivity index (χ4v) is 1.75. The highest BCUT2D eigenvalue weighted by molar-refractivity contribution is 5.77. The zero-order valence-electron chi connectivity index (χ0n) is 10.8. The number of methoxy groups -OCH3 is 1. The highest BCUT2D eigenvalue weighted by atomic mass is 19.1. The van der Waals surface area contributed by atoms with E-state index in [1.807, 2.05) is 0 Å². The lowest BCUT2D eigenvalue weighted by Gasteiger charge is -2.07. The van der Waals surface area contributed by atoms with Gasteiger partial charge in [0.25, 0.3) is 0 Å². The molecule has 1 aromatic carbocycles. The maximum absolute atomic E-state index is 14.0. The first kappa shape index (κ1) is 13.7. The number of halogens is 1. The topological polar surface area (TPSA) is 90.2 Å². The summed E-state index contributed by atoms with van der Waals surface area (Å²) in [7, 11) is 2.89. The van der Waals surface area contributed by atoms with Gasteiger partial charge >= 0.3 is 5.69 Å². The fourth-order valence-electron chi connectivity index (χ4n) is 1.75. The molecule has 2 rings (SSSR count). The molecule has 0 atom stereocenters. The second kappa shape index (κ2) is 5.47. The predicted octanol–water partition coefficient (Wildman–Crippen LogP) is 2.24. The van der Waals surface area contributed by atoms with Gasteiger partial charge in [0.05, 0.1) is 12.0 Å². The van der Waals surface area contributed by atoms with E-state index in [2.05, 4.69) is 15.3 Å². The molecular formula is C12H11FN4O3. The molecule has 1 heterocycles. The summed E-state index contributed by atoms with van der Waals surface area (Å²) in [5.74, 6) is -0.319. The number of aromatic nitrogens is 2. The molecule has 7 nitrogen and oxygen atoms in total. The van der Waals surface area contributed by atoms with E-state index in [9.17, 15) is 14.5 Å². The van der Waals surface area contributed by atoms with E-state index in [0.29, 0.717) is 5.75 Å². The molecular weight excluding hydrogens is 267 g/mol. The van der Waals surface area contributed by atoms with Gasteiger partial charge in [-0.3, -0.25) is 10.1 Å². The first-order valence-corrected chi connectivity index (χ1v) is 5.59. The summed E-state index contributed by atoms with van der Waals surface area (Å²) in [6.07, 6.45) is 1.14. The van der Waals surface area contributed by atoms with E-state index < -0.39 is 10.7 Å². The van der Waals surface area contributed by atoms with Gasteiger partial charge in [0, 0.05) is 18.7 Å². The summed E-state index contributed by atoms with van der Waals surface area (Å²) < 4.78 is 18.9. The van der Waals surface area contributed by atoms with Crippen molar-refractivity contribution in [2.45, 2.75) is 0 Å². The van der Waals surface area contributed by atoms with E-state index in [-0.39, 0.29) is 22.8 Å². The Balaban J connectivity index is 2.66. The van der Waals surface area contributed by atoms with Crippen LogP contribution in [0.2, 0.25) is 0 Å². The summed E-state index contributed by atoms with van der Waals surface area (Å²) >= 11 is 0. The monoisotopic (exact) mass is 278 g/mol. The number of benzene rings is 1. The summed E-state index contributed by atoms with van der Waals surface area (Å²) in [6, 6.07) is 4.02. The molecule has 0 saturated heterocycles. The highest BCUT2D eigenvalue weighted by Gasteiger charge is 2.25. The minimum Gasteiger partial charge on any atom is -0.497 e. The quantitative estimate of drug-likeness (QED) is 0.681. The van der Waals surface area contributed by atoms with Gasteiger partial charge in [0.1, 0.15) is 17.9 Å². The van der Waals surface area contributed by atoms with Crippen LogP contribution in [0, 0.1) is 15.9 Å². The van der Waals surface area contributed by atoms with E-state index in [1.165, 1.54) is 26.3 Å². The second-order valence-corrected chi connectivity index (χ2v) is 3.77. The van der Waals surface area contributed by atoms with Gasteiger partial charge < -0.3 is 10.1 Å². The lowest BCUT2D eigenvalue weighted by Crippen LogP contribution is -2.03. The molecule has 2 aromatic rings. The van der Waals surface area contributed by atoms with Gasteiger partial charge in [-0.2, -0.15) is 0 Å². The summed E-state index contributed by atoms with van der Waals surface area (Å²) in [5.41, 5.74) is -0.454. The lowest BCUT2D eigenvalue weighted by molar-refractivity contribution is -0.383. The first-order chi connectivity index (χ1) is 9.58. The van der Waals surface area contributed by atoms with Crippen LogP contribution in [0.3, 0.4) is 0 Å². The fraction of sp³-hybridized carbons (Fsp3) is 0.167. The number of hydrogen-bond donors (Lipinski definition) is 1. The number of rotatable bonds is 4. The van der Waals surface area contributed by atoms with Crippen LogP contribution < -0.4 is 10.1 Å². The number of nitrogens with one attached hydrogen (secondary N) is 1. The van der Waals surface area contributed by atoms with E-state index in [4.69, 9.17) is 4.74 Å². The van der Waals surface area contributed by atoms with Crippen molar-refractivity contribution in [2.24, 2.45) is 0 Å². The molecule has 104 valence electrons. The molecule has 0 amide bonds. The Morgan fingerprint density at radius 1 is 1.40 bits per heavy atom. The van der Waals surface area contributed by atoms with Crippen molar-refractivity contribution in [3.63, 3.8) is 0 Å². The molecule has 0 bridgehead atoms. The van der Waals surface area contributed by atoms with Gasteiger partial charge in [-0.1, -0.05) is 0 Å². The lowest BCUT2D eigenvalue weighted by atomic mass is 10.1. The SMILES string of the molecule is CNc1ncnc(-c2ccc(OC)cc2F)c1[N+](=O)[O-]. The van der Waals surface area contributed by atoms with Gasteiger partial charge in [0.2, 0.25) is 5.82 Å². The standard InChI is InChI=1S/C12H11FN4O3/c1-14-12-11(17(18)19)10(15-6-16-12)8-4-3-7(20-2)5-9(8)13/h3-6H,1-2H3,(H,14,15,16). The van der Waals surface area contributed by atoms with Crippen molar-refractivity contribution in [3.8, 4) is 17.0 Å². The van der Waals surface area contributed by atoms with Crippen LogP contribution in [0.25, 0.3) is 11.3 Å². The molecule has 0 saturated carbocycles. The Hall–Kier alpha value is -2.77. The van der Waals surface area contributed by atoms with Gasteiger partial charge in [0.15, 0.2) is 5.69 Å². The molecule has 1 N–H and O–H groups in total. The summed E-state index contributed by atoms with van der Waals surface area (Å²) in [4.78, 5) is 18.1. The Labute approximate surface area is 113 Å². The molecule has 0 unspecified atom stereocenters. The van der Waals surface area contributed by atoms with E-state index in [0.717, 1.165) is 12.4 Å². The molecule has 0 aliphatic heterocycles. The largest absolute Gasteiger partial charge is 0.497 e. The van der Waals surface area contributed by atoms with E-state index >= 15 is 0 Å². The third-order valence-corrected chi connectivity index (χ3v) is 2.67. The van der Waals surface area contributed by atoms with Crippen molar-refractivity contribution < 1.29 is 14.1 Å². The van der Waals surface area contributed by atoms with Crippen molar-refractivity contribution in [1.29, 1.82) is 0 Å². The minimum absolute atomic E-state index is 0.0106. The van der Waals surface area contributed by atoms with Crippen LogP contribution in [0.15, 0.2) is 24.5 Å². The first-order valence-electron chi connectivity index (χ1n) is 5.59. The summed E-state index contributed by atoms with van der Waals surface area (Å²) in [5, 5.41) is 13.7. The van der Waals surface area contributed by atoms with Crippen LogP contribution in [0.4, 0.5) is 15.9 Å². The highest BCUT2D eigenvalue weighted by Crippen LogP contribution is 2.34. The molecule has 0 radical (unpaired) electrons. The van der Waals surface area contributed by atoms with Crippen LogP contribution >= 0.6 is 0 Å². The third kappa shape index (κ3) is 2.35. The Kier molecular flexibility index (Phi) is 3.74. The molecule has 0 aliphatic rings. The molecule has 1 aromatic heterocycles. The third-order valence-electron chi connectivity index (χ3n) is 2.67. The predicted molar refractivity (Wildman–Crippen MR) is 70.2 cm³/mol. The average molecular weight is 278 g/mol. The van der Waals surface area contributed by atoms with Crippen LogP contribution in [-0.2, 0) is 0 Å². The van der Waals surface area contributed by atoms with Gasteiger partial charge in [-0.15, -0.1) is 0 Å². The smallest absolute Gasteiger partial charge is 0.337 e. The molecule has 0 spiro atoms. The molecule has 0 aliphatic carbocycles. The normalized spacial score (nSPS) is 10.2. The molecule has 0 fully saturated rings. The number of hydrogen-bond acceptors (Lipinski definition) is 6. The number of ether oxygens (including phenoxy) is 1. The summed E-state index contributed by atoms with van der Waals surface area (Å²) in [6.45, 7) is 0. The Bertz CT molecular complexity index is 663. The van der Waals surface area contributed by atoms with Crippen molar-refractivity contribution in [1.82, 2.24) is 9.97 Å². The zero-order chi connectivity index (χ0) is 14.7. The Morgan fingerprint density at radius 2 is 2.15 bits per heavy atom. The number of nitrogens with zero attached hydrogens (tertiary/aromatic N) is 3. The maximum atomic E-state index is 14.0. The van der Waals surface area contributed by atoms with Gasteiger partial charge in [-0.25, -0.2) is 14.4 Å². The molecule has 20 heavy (non-hydrogen) atoms. The van der Waals surface area contributed by atoms with Crippen molar-refractivity contribution >= 4 is 11.5 Å². The Morgan fingerprint density at radius 3 is 2.70 bits per heavy atom. The number of anilines is 1. The molecule has 8 heteroatoms. The van der Waals surface area contributed by atoms with Crippen molar-refractivity contribution in [3.05, 3.63) is 40.5 Å². The van der Waals surface area contributed by atoms with Crippen molar-refractivity contribution in [2.75, 3.05) is 19.5 Å². The maximum Gasteiger partial charge on any atom is 0.337 e. The van der Waals surface area contributed by atoms with Crippen LogP contribution in [0.5, 0.6) is 5.75 Å². The van der Waals surface area contributed by atoms with E-state index in [1.54, 1.807) is 0 Å². The number of nitro groups is 1. The van der Waals surface area contributed by atoms with Crippen LogP contribution in [-0.4, -0.2) is 29.0 Å². The second-order valence-electron chi connectivity index (χ2n) is 3.77. The van der Waals surface area contributed by atoms with Crippen LogP contribution in [0.1, 0.15) is 0 Å². The zero-order valence-corrected chi connectivity index (χ0v) is 10.8. The van der Waals surface area contributed by atoms with Gasteiger partial charge in [-0.05, 0) is 12.1 Å². The minimum atomic E-state index is -0.659. The average Bonchev–Trinajstić information content (AvgIpc) is 2.46.